The van der Waals surface area contributed by atoms with Gasteiger partial charge < -0.3 is 4.90 Å². The fourth-order valence-corrected chi connectivity index (χ4v) is 5.36. The van der Waals surface area contributed by atoms with E-state index in [0.717, 1.165) is 9.18 Å². The summed E-state index contributed by atoms with van der Waals surface area (Å²) in [6, 6.07) is 12.2. The molecule has 0 unspecified atom stereocenters. The second-order valence-corrected chi connectivity index (χ2v) is 11.5. The van der Waals surface area contributed by atoms with Crippen molar-refractivity contribution in [2.45, 2.75) is 16.3 Å². The first-order chi connectivity index (χ1) is 14.1. The Kier molecular flexibility index (Phi) is 6.46. The molecule has 0 aliphatic heterocycles. The number of aromatic nitrogens is 1. The van der Waals surface area contributed by atoms with Crippen molar-refractivity contribution in [1.29, 1.82) is 0 Å². The Morgan fingerprint density at radius 3 is 2.17 bits per heavy atom. The molecule has 0 saturated carbocycles. The molecule has 8 nitrogen and oxygen atoms in total. The lowest BCUT2D eigenvalue weighted by Gasteiger charge is -2.22. The molecule has 30 heavy (non-hydrogen) atoms. The third kappa shape index (κ3) is 4.81. The third-order valence-corrected chi connectivity index (χ3v) is 8.32. The monoisotopic (exact) mass is 466 g/mol. The molecule has 3 rings (SSSR count). The van der Waals surface area contributed by atoms with Gasteiger partial charge in [0.15, 0.2) is 0 Å². The van der Waals surface area contributed by atoms with Crippen LogP contribution < -0.4 is 9.62 Å². The lowest BCUT2D eigenvalue weighted by Crippen LogP contribution is -2.22. The molecule has 0 saturated heterocycles. The molecule has 160 valence electrons. The molecular formula is C19H22N4O4S3. The van der Waals surface area contributed by atoms with Gasteiger partial charge in [0, 0.05) is 32.2 Å². The van der Waals surface area contributed by atoms with Crippen LogP contribution in [0.3, 0.4) is 0 Å². The maximum atomic E-state index is 12.9. The van der Waals surface area contributed by atoms with Crippen molar-refractivity contribution in [2.24, 2.45) is 0 Å². The summed E-state index contributed by atoms with van der Waals surface area (Å²) in [6.45, 7) is 0.584. The minimum Gasteiger partial charge on any atom is -0.368 e. The number of thiazole rings is 1. The highest BCUT2D eigenvalue weighted by molar-refractivity contribution is 7.92. The van der Waals surface area contributed by atoms with Crippen LogP contribution in [0, 0.1) is 0 Å². The van der Waals surface area contributed by atoms with Gasteiger partial charge in [0.05, 0.1) is 33.2 Å². The van der Waals surface area contributed by atoms with Crippen LogP contribution in [0.5, 0.6) is 0 Å². The molecule has 0 aliphatic carbocycles. The minimum atomic E-state index is -3.91. The molecule has 0 fully saturated rings. The average Bonchev–Trinajstić information content (AvgIpc) is 3.21. The SMILES string of the molecule is CN(Cc1cncs1)c1ccccc1NS(=O)(=O)c1ccc(S(=O)(=O)N(C)C)cc1. The van der Waals surface area contributed by atoms with E-state index in [2.05, 4.69) is 9.71 Å². The molecule has 0 atom stereocenters. The number of sulfonamides is 2. The molecule has 1 aromatic heterocycles. The van der Waals surface area contributed by atoms with Crippen molar-refractivity contribution < 1.29 is 16.8 Å². The van der Waals surface area contributed by atoms with E-state index in [1.165, 1.54) is 49.7 Å². The molecule has 1 N–H and O–H groups in total. The van der Waals surface area contributed by atoms with E-state index in [9.17, 15) is 16.8 Å². The van der Waals surface area contributed by atoms with Gasteiger partial charge in [0.1, 0.15) is 0 Å². The van der Waals surface area contributed by atoms with Gasteiger partial charge in [-0.1, -0.05) is 12.1 Å². The summed E-state index contributed by atoms with van der Waals surface area (Å²) in [5, 5.41) is 0. The standard InChI is InChI=1S/C19H22N4O4S3/c1-22(2)30(26,27)17-10-8-16(9-11-17)29(24,25)21-18-6-4-5-7-19(18)23(3)13-15-12-20-14-28-15/h4-12,14,21H,13H2,1-3H3. The van der Waals surface area contributed by atoms with E-state index >= 15 is 0 Å². The number of hydrogen-bond acceptors (Lipinski definition) is 7. The summed E-state index contributed by atoms with van der Waals surface area (Å²) in [7, 11) is -2.84. The normalized spacial score (nSPS) is 12.1. The average molecular weight is 467 g/mol. The molecular weight excluding hydrogens is 444 g/mol. The Balaban J connectivity index is 1.85. The van der Waals surface area contributed by atoms with Gasteiger partial charge in [-0.2, -0.15) is 0 Å². The zero-order valence-electron chi connectivity index (χ0n) is 16.7. The largest absolute Gasteiger partial charge is 0.368 e. The fourth-order valence-electron chi connectivity index (χ4n) is 2.74. The third-order valence-electron chi connectivity index (χ3n) is 4.35. The maximum Gasteiger partial charge on any atom is 0.261 e. The molecule has 0 amide bonds. The molecule has 0 spiro atoms. The van der Waals surface area contributed by atoms with Crippen LogP contribution in [0.1, 0.15) is 4.88 Å². The number of nitrogens with zero attached hydrogens (tertiary/aromatic N) is 3. The van der Waals surface area contributed by atoms with Gasteiger partial charge in [-0.3, -0.25) is 9.71 Å². The Labute approximate surface area is 180 Å². The first-order valence-electron chi connectivity index (χ1n) is 8.84. The van der Waals surface area contributed by atoms with Crippen LogP contribution in [0.2, 0.25) is 0 Å². The Morgan fingerprint density at radius 2 is 1.57 bits per heavy atom. The van der Waals surface area contributed by atoms with Crippen LogP contribution in [0.4, 0.5) is 11.4 Å². The van der Waals surface area contributed by atoms with E-state index in [0.29, 0.717) is 17.9 Å². The number of hydrogen-bond donors (Lipinski definition) is 1. The highest BCUT2D eigenvalue weighted by Gasteiger charge is 2.21. The number of anilines is 2. The number of benzene rings is 2. The number of rotatable bonds is 8. The first-order valence-corrected chi connectivity index (χ1v) is 12.6. The molecule has 2 aromatic carbocycles. The van der Waals surface area contributed by atoms with Crippen molar-refractivity contribution in [2.75, 3.05) is 30.8 Å². The topological polar surface area (TPSA) is 99.7 Å². The van der Waals surface area contributed by atoms with Gasteiger partial charge in [0.25, 0.3) is 10.0 Å². The van der Waals surface area contributed by atoms with E-state index in [1.54, 1.807) is 23.8 Å². The van der Waals surface area contributed by atoms with Gasteiger partial charge in [-0.25, -0.2) is 21.1 Å². The maximum absolute atomic E-state index is 12.9. The summed E-state index contributed by atoms with van der Waals surface area (Å²) in [6.07, 6.45) is 1.78. The van der Waals surface area contributed by atoms with Crippen molar-refractivity contribution >= 4 is 42.8 Å². The Bertz CT molecular complexity index is 1210. The number of para-hydroxylation sites is 2. The zero-order chi connectivity index (χ0) is 21.9. The zero-order valence-corrected chi connectivity index (χ0v) is 19.1. The quantitative estimate of drug-likeness (QED) is 0.548. The highest BCUT2D eigenvalue weighted by atomic mass is 32.2. The second kappa shape index (κ2) is 8.72. The molecule has 3 aromatic rings. The lowest BCUT2D eigenvalue weighted by atomic mass is 10.2. The summed E-state index contributed by atoms with van der Waals surface area (Å²) in [5.74, 6) is 0. The molecule has 0 aliphatic rings. The summed E-state index contributed by atoms with van der Waals surface area (Å²) in [5.41, 5.74) is 2.88. The van der Waals surface area contributed by atoms with E-state index < -0.39 is 20.0 Å². The highest BCUT2D eigenvalue weighted by Crippen LogP contribution is 2.29. The van der Waals surface area contributed by atoms with Crippen LogP contribution in [-0.4, -0.2) is 47.3 Å². The predicted octanol–water partition coefficient (Wildman–Crippen LogP) is 2.83. The second-order valence-electron chi connectivity index (χ2n) is 6.71. The lowest BCUT2D eigenvalue weighted by molar-refractivity contribution is 0.520. The predicted molar refractivity (Wildman–Crippen MR) is 119 cm³/mol. The van der Waals surface area contributed by atoms with E-state index in [1.807, 2.05) is 24.1 Å². The molecule has 0 radical (unpaired) electrons. The minimum absolute atomic E-state index is 0.0242. The van der Waals surface area contributed by atoms with Crippen LogP contribution in [-0.2, 0) is 26.6 Å². The van der Waals surface area contributed by atoms with Gasteiger partial charge in [-0.15, -0.1) is 11.3 Å². The van der Waals surface area contributed by atoms with Crippen molar-refractivity contribution in [3.8, 4) is 0 Å². The first kappa shape index (κ1) is 22.2. The molecule has 0 bridgehead atoms. The van der Waals surface area contributed by atoms with Crippen molar-refractivity contribution in [1.82, 2.24) is 9.29 Å². The number of nitrogens with one attached hydrogen (secondary N) is 1. The van der Waals surface area contributed by atoms with Gasteiger partial charge >= 0.3 is 0 Å². The fraction of sp³-hybridized carbons (Fsp3) is 0.211. The van der Waals surface area contributed by atoms with Crippen LogP contribution in [0.15, 0.2) is 70.0 Å². The summed E-state index contributed by atoms with van der Waals surface area (Å²) < 4.78 is 53.8. The van der Waals surface area contributed by atoms with Crippen LogP contribution in [0.25, 0.3) is 0 Å². The Morgan fingerprint density at radius 1 is 0.933 bits per heavy atom. The summed E-state index contributed by atoms with van der Waals surface area (Å²) in [4.78, 5) is 7.03. The van der Waals surface area contributed by atoms with Crippen molar-refractivity contribution in [3.05, 3.63) is 65.1 Å². The van der Waals surface area contributed by atoms with E-state index in [-0.39, 0.29) is 9.79 Å². The molecule has 11 heteroatoms. The van der Waals surface area contributed by atoms with Crippen molar-refractivity contribution in [3.63, 3.8) is 0 Å². The van der Waals surface area contributed by atoms with Crippen LogP contribution >= 0.6 is 11.3 Å². The Hall–Kier alpha value is -2.47. The smallest absolute Gasteiger partial charge is 0.261 e. The van der Waals surface area contributed by atoms with E-state index in [4.69, 9.17) is 0 Å². The molecule has 1 heterocycles. The summed E-state index contributed by atoms with van der Waals surface area (Å²) >= 11 is 1.52. The van der Waals surface area contributed by atoms with Gasteiger partial charge in [0.2, 0.25) is 10.0 Å². The van der Waals surface area contributed by atoms with Gasteiger partial charge in [-0.05, 0) is 36.4 Å².